The van der Waals surface area contributed by atoms with Gasteiger partial charge in [0, 0.05) is 0 Å². The van der Waals surface area contributed by atoms with Gasteiger partial charge in [0.2, 0.25) is 0 Å². The van der Waals surface area contributed by atoms with Gasteiger partial charge in [-0.25, -0.2) is 0 Å². The van der Waals surface area contributed by atoms with Crippen LogP contribution >= 0.6 is 0 Å². The molecule has 0 radical (unpaired) electrons. The summed E-state index contributed by atoms with van der Waals surface area (Å²) in [7, 11) is 0. The number of benzene rings is 1. The quantitative estimate of drug-likeness (QED) is 0.652. The standard InChI is InChI=1S/C20H25N3O5/c1-15(19(26)23-20(14-21)10-6-3-7-11-20)28-18(25)12-22-17(24)13-27-16-8-4-2-5-9-16/h2,4-5,8-9,15H,3,6-7,10-13H2,1H3,(H,22,24)(H,23,26). The number of rotatable bonds is 8. The highest BCUT2D eigenvalue weighted by molar-refractivity contribution is 5.86. The molecule has 1 aliphatic carbocycles. The fourth-order valence-corrected chi connectivity index (χ4v) is 2.94. The first-order valence-electron chi connectivity index (χ1n) is 9.31. The van der Waals surface area contributed by atoms with Gasteiger partial charge in [0.05, 0.1) is 6.07 Å². The molecule has 150 valence electrons. The summed E-state index contributed by atoms with van der Waals surface area (Å²) in [6.45, 7) is 0.817. The Morgan fingerprint density at radius 3 is 2.50 bits per heavy atom. The summed E-state index contributed by atoms with van der Waals surface area (Å²) in [6, 6.07) is 11.0. The summed E-state index contributed by atoms with van der Waals surface area (Å²) in [5.74, 6) is -1.20. The number of carbonyl (C=O) groups excluding carboxylic acids is 3. The van der Waals surface area contributed by atoms with E-state index in [0.717, 1.165) is 19.3 Å². The maximum Gasteiger partial charge on any atom is 0.326 e. The van der Waals surface area contributed by atoms with Crippen LogP contribution in [0.1, 0.15) is 39.0 Å². The molecule has 1 aromatic carbocycles. The van der Waals surface area contributed by atoms with Gasteiger partial charge in [-0.3, -0.25) is 14.4 Å². The summed E-state index contributed by atoms with van der Waals surface area (Å²) in [5.41, 5.74) is -0.890. The van der Waals surface area contributed by atoms with Gasteiger partial charge in [-0.2, -0.15) is 5.26 Å². The van der Waals surface area contributed by atoms with Crippen LogP contribution in [0.4, 0.5) is 0 Å². The lowest BCUT2D eigenvalue weighted by Gasteiger charge is -2.32. The first-order valence-corrected chi connectivity index (χ1v) is 9.31. The van der Waals surface area contributed by atoms with Gasteiger partial charge in [-0.1, -0.05) is 37.5 Å². The van der Waals surface area contributed by atoms with Crippen molar-refractivity contribution in [2.45, 2.75) is 50.7 Å². The number of hydrogen-bond acceptors (Lipinski definition) is 6. The average molecular weight is 387 g/mol. The molecule has 8 nitrogen and oxygen atoms in total. The molecular formula is C20H25N3O5. The normalized spacial score (nSPS) is 16.1. The average Bonchev–Trinajstić information content (AvgIpc) is 2.72. The zero-order valence-electron chi connectivity index (χ0n) is 15.9. The first kappa shape index (κ1) is 21.2. The van der Waals surface area contributed by atoms with E-state index < -0.39 is 29.4 Å². The van der Waals surface area contributed by atoms with Crippen molar-refractivity contribution >= 4 is 17.8 Å². The minimum absolute atomic E-state index is 0.238. The molecule has 0 aromatic heterocycles. The molecule has 28 heavy (non-hydrogen) atoms. The van der Waals surface area contributed by atoms with Crippen LogP contribution in [-0.4, -0.2) is 42.6 Å². The van der Waals surface area contributed by atoms with Crippen molar-refractivity contribution in [3.05, 3.63) is 30.3 Å². The zero-order chi connectivity index (χ0) is 20.4. The highest BCUT2D eigenvalue weighted by atomic mass is 16.5. The highest BCUT2D eigenvalue weighted by Crippen LogP contribution is 2.27. The Morgan fingerprint density at radius 1 is 1.18 bits per heavy atom. The van der Waals surface area contributed by atoms with Crippen LogP contribution in [0.15, 0.2) is 30.3 Å². The molecule has 0 bridgehead atoms. The third-order valence-electron chi connectivity index (χ3n) is 4.50. The van der Waals surface area contributed by atoms with E-state index in [1.165, 1.54) is 6.92 Å². The lowest BCUT2D eigenvalue weighted by Crippen LogP contribution is -2.52. The van der Waals surface area contributed by atoms with Crippen molar-refractivity contribution in [1.82, 2.24) is 10.6 Å². The minimum Gasteiger partial charge on any atom is -0.484 e. The lowest BCUT2D eigenvalue weighted by molar-refractivity contribution is -0.155. The lowest BCUT2D eigenvalue weighted by atomic mass is 9.83. The van der Waals surface area contributed by atoms with Crippen molar-refractivity contribution in [1.29, 1.82) is 5.26 Å². The van der Waals surface area contributed by atoms with E-state index in [1.54, 1.807) is 24.3 Å². The summed E-state index contributed by atoms with van der Waals surface area (Å²) >= 11 is 0. The first-order chi connectivity index (χ1) is 13.4. The number of nitrogens with one attached hydrogen (secondary N) is 2. The Bertz CT molecular complexity index is 723. The van der Waals surface area contributed by atoms with Crippen molar-refractivity contribution < 1.29 is 23.9 Å². The SMILES string of the molecule is CC(OC(=O)CNC(=O)COc1ccccc1)C(=O)NC1(C#N)CCCCC1. The molecule has 2 N–H and O–H groups in total. The van der Waals surface area contributed by atoms with Gasteiger partial charge in [0.25, 0.3) is 11.8 Å². The summed E-state index contributed by atoms with van der Waals surface area (Å²) in [5, 5.41) is 14.5. The molecule has 2 rings (SSSR count). The molecule has 1 unspecified atom stereocenters. The molecule has 1 atom stereocenters. The van der Waals surface area contributed by atoms with Crippen LogP contribution in [0.25, 0.3) is 0 Å². The van der Waals surface area contributed by atoms with E-state index in [0.29, 0.717) is 18.6 Å². The largest absolute Gasteiger partial charge is 0.484 e. The maximum atomic E-state index is 12.3. The summed E-state index contributed by atoms with van der Waals surface area (Å²) < 4.78 is 10.3. The Balaban J connectivity index is 1.70. The van der Waals surface area contributed by atoms with Crippen LogP contribution in [0.2, 0.25) is 0 Å². The van der Waals surface area contributed by atoms with Crippen molar-refractivity contribution in [2.75, 3.05) is 13.2 Å². The Kier molecular flexibility index (Phi) is 7.81. The van der Waals surface area contributed by atoms with E-state index >= 15 is 0 Å². The van der Waals surface area contributed by atoms with Crippen LogP contribution in [0.3, 0.4) is 0 Å². The molecule has 8 heteroatoms. The zero-order valence-corrected chi connectivity index (χ0v) is 15.9. The number of amides is 2. The van der Waals surface area contributed by atoms with E-state index in [1.807, 2.05) is 6.07 Å². The molecule has 2 amide bonds. The second kappa shape index (κ2) is 10.3. The number of nitrogens with zero attached hydrogens (tertiary/aromatic N) is 1. The topological polar surface area (TPSA) is 118 Å². The summed E-state index contributed by atoms with van der Waals surface area (Å²) in [4.78, 5) is 35.8. The minimum atomic E-state index is -1.06. The predicted octanol–water partition coefficient (Wildman–Crippen LogP) is 1.46. The smallest absolute Gasteiger partial charge is 0.326 e. The molecule has 0 saturated heterocycles. The number of ether oxygens (including phenoxy) is 2. The molecule has 0 heterocycles. The van der Waals surface area contributed by atoms with Gasteiger partial charge >= 0.3 is 5.97 Å². The van der Waals surface area contributed by atoms with Crippen molar-refractivity contribution in [3.8, 4) is 11.8 Å². The number of nitriles is 1. The Labute approximate surface area is 164 Å². The molecule has 0 aliphatic heterocycles. The van der Waals surface area contributed by atoms with Gasteiger partial charge < -0.3 is 20.1 Å². The van der Waals surface area contributed by atoms with Crippen molar-refractivity contribution in [3.63, 3.8) is 0 Å². The van der Waals surface area contributed by atoms with Crippen molar-refractivity contribution in [2.24, 2.45) is 0 Å². The molecule has 1 aromatic rings. The monoisotopic (exact) mass is 387 g/mol. The highest BCUT2D eigenvalue weighted by Gasteiger charge is 2.35. The van der Waals surface area contributed by atoms with Crippen LogP contribution in [-0.2, 0) is 19.1 Å². The molecule has 1 saturated carbocycles. The second-order valence-corrected chi connectivity index (χ2v) is 6.75. The van der Waals surface area contributed by atoms with Gasteiger partial charge in [0.15, 0.2) is 12.7 Å². The van der Waals surface area contributed by atoms with Gasteiger partial charge in [0.1, 0.15) is 17.8 Å². The van der Waals surface area contributed by atoms with Crippen LogP contribution < -0.4 is 15.4 Å². The number of para-hydroxylation sites is 1. The summed E-state index contributed by atoms with van der Waals surface area (Å²) in [6.07, 6.45) is 2.91. The fraction of sp³-hybridized carbons (Fsp3) is 0.500. The van der Waals surface area contributed by atoms with Gasteiger partial charge in [-0.05, 0) is 31.9 Å². The number of esters is 1. The predicted molar refractivity (Wildman–Crippen MR) is 100 cm³/mol. The molecular weight excluding hydrogens is 362 g/mol. The van der Waals surface area contributed by atoms with E-state index in [-0.39, 0.29) is 13.2 Å². The van der Waals surface area contributed by atoms with Crippen LogP contribution in [0, 0.1) is 11.3 Å². The third kappa shape index (κ3) is 6.58. The second-order valence-electron chi connectivity index (χ2n) is 6.75. The fourth-order valence-electron chi connectivity index (χ4n) is 2.94. The molecule has 0 spiro atoms. The maximum absolute atomic E-state index is 12.3. The number of carbonyl (C=O) groups is 3. The van der Waals surface area contributed by atoms with E-state index in [4.69, 9.17) is 9.47 Å². The molecule has 1 aliphatic rings. The number of hydrogen-bond donors (Lipinski definition) is 2. The van der Waals surface area contributed by atoms with Gasteiger partial charge in [-0.15, -0.1) is 0 Å². The Morgan fingerprint density at radius 2 is 1.86 bits per heavy atom. The third-order valence-corrected chi connectivity index (χ3v) is 4.50. The Hall–Kier alpha value is -3.08. The molecule has 1 fully saturated rings. The van der Waals surface area contributed by atoms with Crippen LogP contribution in [0.5, 0.6) is 5.75 Å². The van der Waals surface area contributed by atoms with E-state index in [2.05, 4.69) is 16.7 Å². The van der Waals surface area contributed by atoms with E-state index in [9.17, 15) is 19.6 Å².